The Bertz CT molecular complexity index is 410. The minimum Gasteiger partial charge on any atom is -0.481 e. The van der Waals surface area contributed by atoms with Gasteiger partial charge in [0.15, 0.2) is 0 Å². The predicted octanol–water partition coefficient (Wildman–Crippen LogP) is 2.48. The maximum atomic E-state index is 11.1. The molecular weight excluding hydrogens is 346 g/mol. The molecule has 0 aromatic carbocycles. The Kier molecular flexibility index (Phi) is 15.1. The maximum absolute atomic E-state index is 11.1. The molecule has 158 valence electrons. The van der Waals surface area contributed by atoms with Crippen LogP contribution in [-0.4, -0.2) is 75.9 Å². The zero-order valence-electron chi connectivity index (χ0n) is 17.1. The number of carbonyl (C=O) groups is 1. The summed E-state index contributed by atoms with van der Waals surface area (Å²) in [5.41, 5.74) is 0. The summed E-state index contributed by atoms with van der Waals surface area (Å²) in [6, 6.07) is 0. The molecule has 0 bridgehead atoms. The highest BCUT2D eigenvalue weighted by atomic mass is 16.4. The fourth-order valence-electron chi connectivity index (χ4n) is 3.16. The molecule has 0 aromatic rings. The highest BCUT2D eigenvalue weighted by Crippen LogP contribution is 2.14. The molecular formula is C21H40NO5+. The second-order valence-electron chi connectivity index (χ2n) is 7.30. The van der Waals surface area contributed by atoms with Gasteiger partial charge in [-0.3, -0.25) is 4.79 Å². The van der Waals surface area contributed by atoms with Crippen molar-refractivity contribution >= 4 is 5.97 Å². The Morgan fingerprint density at radius 2 is 1.41 bits per heavy atom. The number of unbranched alkanes of at least 4 members (excludes halogenated alkanes) is 4. The standard InChI is InChI=1S/C21H39NO5/c1-3-5-7-9-11-19(24)17-22(15-16-23,14-13-21(26)27)18-20(25)12-10-8-6-4-2/h9-12,19-20,23-25H,3-8,13-18H2,1-2H3/p+1/b11-9+,12-10+. The Labute approximate surface area is 164 Å². The topological polar surface area (TPSA) is 98.0 Å². The molecule has 2 atom stereocenters. The third-order valence-electron chi connectivity index (χ3n) is 4.69. The quantitative estimate of drug-likeness (QED) is 0.175. The van der Waals surface area contributed by atoms with E-state index in [-0.39, 0.29) is 37.1 Å². The van der Waals surface area contributed by atoms with Crippen molar-refractivity contribution in [2.45, 2.75) is 71.0 Å². The van der Waals surface area contributed by atoms with E-state index in [0.29, 0.717) is 6.54 Å². The number of allylic oxidation sites excluding steroid dienone is 2. The zero-order valence-corrected chi connectivity index (χ0v) is 17.1. The van der Waals surface area contributed by atoms with Crippen LogP contribution in [0.15, 0.2) is 24.3 Å². The summed E-state index contributed by atoms with van der Waals surface area (Å²) in [7, 11) is 0. The first-order valence-corrected chi connectivity index (χ1v) is 10.3. The molecule has 0 saturated carbocycles. The molecule has 0 aliphatic rings. The number of carboxylic acid groups (broad SMARTS) is 1. The van der Waals surface area contributed by atoms with Gasteiger partial charge in [0.05, 0.1) is 19.6 Å². The number of hydrogen-bond donors (Lipinski definition) is 4. The molecule has 6 heteroatoms. The highest BCUT2D eigenvalue weighted by molar-refractivity contribution is 5.66. The first kappa shape index (κ1) is 25.8. The number of carboxylic acids is 1. The molecule has 0 aliphatic carbocycles. The Hall–Kier alpha value is -1.21. The van der Waals surface area contributed by atoms with E-state index < -0.39 is 18.2 Å². The number of aliphatic hydroxyl groups excluding tert-OH is 3. The number of nitrogens with zero attached hydrogens (tertiary/aromatic N) is 1. The molecule has 0 fully saturated rings. The third kappa shape index (κ3) is 13.6. The van der Waals surface area contributed by atoms with E-state index in [1.165, 1.54) is 0 Å². The van der Waals surface area contributed by atoms with Crippen molar-refractivity contribution in [2.24, 2.45) is 0 Å². The van der Waals surface area contributed by atoms with Gasteiger partial charge in [0.2, 0.25) is 0 Å². The fourth-order valence-corrected chi connectivity index (χ4v) is 3.16. The number of aliphatic carboxylic acids is 1. The smallest absolute Gasteiger partial charge is 0.309 e. The summed E-state index contributed by atoms with van der Waals surface area (Å²) >= 11 is 0. The van der Waals surface area contributed by atoms with E-state index in [0.717, 1.165) is 38.5 Å². The molecule has 0 rings (SSSR count). The summed E-state index contributed by atoms with van der Waals surface area (Å²) in [6.07, 6.45) is 11.9. The fraction of sp³-hybridized carbons (Fsp3) is 0.762. The van der Waals surface area contributed by atoms with Gasteiger partial charge in [0.25, 0.3) is 0 Å². The summed E-state index contributed by atoms with van der Waals surface area (Å²) < 4.78 is 0.168. The second kappa shape index (κ2) is 15.8. The first-order chi connectivity index (χ1) is 12.9. The van der Waals surface area contributed by atoms with Crippen LogP contribution in [0.4, 0.5) is 0 Å². The number of rotatable bonds is 17. The summed E-state index contributed by atoms with van der Waals surface area (Å²) in [5.74, 6) is -0.920. The van der Waals surface area contributed by atoms with Crippen LogP contribution in [0.2, 0.25) is 0 Å². The van der Waals surface area contributed by atoms with E-state index in [4.69, 9.17) is 5.11 Å². The molecule has 4 N–H and O–H groups in total. The molecule has 2 unspecified atom stereocenters. The van der Waals surface area contributed by atoms with Crippen LogP contribution >= 0.6 is 0 Å². The van der Waals surface area contributed by atoms with Crippen LogP contribution < -0.4 is 0 Å². The van der Waals surface area contributed by atoms with Crippen LogP contribution in [0, 0.1) is 0 Å². The van der Waals surface area contributed by atoms with Crippen molar-refractivity contribution < 1.29 is 29.7 Å². The van der Waals surface area contributed by atoms with Crippen LogP contribution in [-0.2, 0) is 4.79 Å². The lowest BCUT2D eigenvalue weighted by Crippen LogP contribution is -2.57. The lowest BCUT2D eigenvalue weighted by Gasteiger charge is -2.40. The minimum atomic E-state index is -0.920. The van der Waals surface area contributed by atoms with Crippen molar-refractivity contribution in [3.63, 3.8) is 0 Å². The van der Waals surface area contributed by atoms with Crippen molar-refractivity contribution in [1.82, 2.24) is 0 Å². The Balaban J connectivity index is 5.10. The van der Waals surface area contributed by atoms with Gasteiger partial charge in [-0.1, -0.05) is 63.8 Å². The van der Waals surface area contributed by atoms with Crippen LogP contribution in [0.25, 0.3) is 0 Å². The van der Waals surface area contributed by atoms with Crippen LogP contribution in [0.1, 0.15) is 58.8 Å². The maximum Gasteiger partial charge on any atom is 0.309 e. The molecule has 0 saturated heterocycles. The molecule has 27 heavy (non-hydrogen) atoms. The summed E-state index contributed by atoms with van der Waals surface area (Å²) in [4.78, 5) is 11.1. The zero-order chi connectivity index (χ0) is 20.5. The second-order valence-corrected chi connectivity index (χ2v) is 7.30. The van der Waals surface area contributed by atoms with Crippen LogP contribution in [0.3, 0.4) is 0 Å². The predicted molar refractivity (Wildman–Crippen MR) is 108 cm³/mol. The van der Waals surface area contributed by atoms with E-state index in [2.05, 4.69) is 13.8 Å². The van der Waals surface area contributed by atoms with E-state index in [1.54, 1.807) is 12.2 Å². The largest absolute Gasteiger partial charge is 0.481 e. The molecule has 0 heterocycles. The number of hydrogen-bond acceptors (Lipinski definition) is 4. The SMILES string of the molecule is CCCC/C=C/C(O)C[N+](CCO)(CCC(=O)O)CC(O)/C=C/CCCC. The molecule has 6 nitrogen and oxygen atoms in total. The van der Waals surface area contributed by atoms with Crippen molar-refractivity contribution in [3.8, 4) is 0 Å². The van der Waals surface area contributed by atoms with Crippen molar-refractivity contribution in [2.75, 3.05) is 32.8 Å². The molecule has 0 amide bonds. The van der Waals surface area contributed by atoms with E-state index >= 15 is 0 Å². The van der Waals surface area contributed by atoms with E-state index in [9.17, 15) is 20.1 Å². The average molecular weight is 387 g/mol. The lowest BCUT2D eigenvalue weighted by atomic mass is 10.1. The van der Waals surface area contributed by atoms with E-state index in [1.807, 2.05) is 12.2 Å². The normalized spacial score (nSPS) is 16.6. The highest BCUT2D eigenvalue weighted by Gasteiger charge is 2.32. The van der Waals surface area contributed by atoms with Gasteiger partial charge in [0, 0.05) is 0 Å². The molecule has 0 aliphatic heterocycles. The Morgan fingerprint density at radius 1 is 0.926 bits per heavy atom. The monoisotopic (exact) mass is 386 g/mol. The minimum absolute atomic E-state index is 0.0709. The third-order valence-corrected chi connectivity index (χ3v) is 4.69. The first-order valence-electron chi connectivity index (χ1n) is 10.3. The molecule has 0 radical (unpaired) electrons. The Morgan fingerprint density at radius 3 is 1.78 bits per heavy atom. The summed E-state index contributed by atoms with van der Waals surface area (Å²) in [5, 5.41) is 39.4. The van der Waals surface area contributed by atoms with Gasteiger partial charge in [-0.2, -0.15) is 0 Å². The van der Waals surface area contributed by atoms with Gasteiger partial charge in [-0.15, -0.1) is 0 Å². The van der Waals surface area contributed by atoms with Gasteiger partial charge in [0.1, 0.15) is 31.8 Å². The number of aliphatic hydroxyl groups is 3. The molecule has 0 spiro atoms. The number of quaternary nitrogens is 1. The average Bonchev–Trinajstić information content (AvgIpc) is 2.61. The lowest BCUT2D eigenvalue weighted by molar-refractivity contribution is -0.932. The molecule has 0 aromatic heterocycles. The van der Waals surface area contributed by atoms with Gasteiger partial charge in [-0.05, 0) is 12.8 Å². The van der Waals surface area contributed by atoms with Crippen LogP contribution in [0.5, 0.6) is 0 Å². The van der Waals surface area contributed by atoms with Crippen molar-refractivity contribution in [3.05, 3.63) is 24.3 Å². The van der Waals surface area contributed by atoms with Crippen molar-refractivity contribution in [1.29, 1.82) is 0 Å². The van der Waals surface area contributed by atoms with Gasteiger partial charge < -0.3 is 24.9 Å². The van der Waals surface area contributed by atoms with Gasteiger partial charge in [-0.25, -0.2) is 0 Å². The summed E-state index contributed by atoms with van der Waals surface area (Å²) in [6.45, 7) is 5.19. The van der Waals surface area contributed by atoms with Gasteiger partial charge >= 0.3 is 5.97 Å².